The number of halogens is 1. The maximum atomic E-state index is 13.6. The molecule has 6 rings (SSSR count). The third kappa shape index (κ3) is 4.63. The molecule has 3 N–H and O–H groups in total. The average molecular weight is 563 g/mol. The number of H-pyrrole nitrogens is 1. The van der Waals surface area contributed by atoms with Gasteiger partial charge in [0, 0.05) is 35.5 Å². The number of carboxylic acid groups (broad SMARTS) is 1. The van der Waals surface area contributed by atoms with Gasteiger partial charge < -0.3 is 29.8 Å². The van der Waals surface area contributed by atoms with E-state index < -0.39 is 12.1 Å². The lowest BCUT2D eigenvalue weighted by atomic mass is 9.94. The molecule has 40 heavy (non-hydrogen) atoms. The van der Waals surface area contributed by atoms with E-state index in [4.69, 9.17) is 26.1 Å². The Balaban J connectivity index is 1.40. The molecule has 0 bridgehead atoms. The molecule has 1 aromatic heterocycles. The van der Waals surface area contributed by atoms with E-state index in [1.54, 1.807) is 4.90 Å². The first-order valence-corrected chi connectivity index (χ1v) is 13.9. The molecule has 3 aromatic carbocycles. The van der Waals surface area contributed by atoms with Crippen LogP contribution in [0.25, 0.3) is 32.9 Å². The summed E-state index contributed by atoms with van der Waals surface area (Å²) in [6.07, 6.45) is -0.834. The number of imidazole rings is 1. The molecule has 1 fully saturated rings. The van der Waals surface area contributed by atoms with E-state index in [1.165, 1.54) is 0 Å². The summed E-state index contributed by atoms with van der Waals surface area (Å²) >= 11 is 6.20. The van der Waals surface area contributed by atoms with Gasteiger partial charge in [0.05, 0.1) is 23.2 Å². The number of nitrogens with zero attached hydrogens (tertiary/aromatic N) is 2. The number of fused-ring (bicyclic) bond motifs is 6. The molecule has 3 heterocycles. The highest BCUT2D eigenvalue weighted by Gasteiger charge is 2.42. The van der Waals surface area contributed by atoms with Gasteiger partial charge in [0.15, 0.2) is 0 Å². The molecule has 0 saturated carbocycles. The fourth-order valence-electron chi connectivity index (χ4n) is 5.92. The number of ether oxygens (including phenoxy) is 2. The molecule has 10 heteroatoms. The zero-order chi connectivity index (χ0) is 28.1. The number of benzene rings is 3. The summed E-state index contributed by atoms with van der Waals surface area (Å²) in [5.41, 5.74) is 4.81. The molecule has 9 nitrogen and oxygen atoms in total. The summed E-state index contributed by atoms with van der Waals surface area (Å²) in [5, 5.41) is 14.4. The van der Waals surface area contributed by atoms with Gasteiger partial charge in [0.2, 0.25) is 5.91 Å². The van der Waals surface area contributed by atoms with Gasteiger partial charge in [-0.2, -0.15) is 0 Å². The van der Waals surface area contributed by atoms with Crippen LogP contribution in [0.3, 0.4) is 0 Å². The molecule has 4 aromatic rings. The lowest BCUT2D eigenvalue weighted by molar-refractivity contribution is -0.136. The number of nitrogens with one attached hydrogen (secondary N) is 2. The first kappa shape index (κ1) is 26.4. The van der Waals surface area contributed by atoms with E-state index in [0.717, 1.165) is 44.2 Å². The number of aromatic nitrogens is 2. The van der Waals surface area contributed by atoms with Crippen molar-refractivity contribution in [3.8, 4) is 16.9 Å². The Morgan fingerprint density at radius 1 is 1.23 bits per heavy atom. The van der Waals surface area contributed by atoms with E-state index in [1.807, 2.05) is 57.2 Å². The Morgan fingerprint density at radius 3 is 2.80 bits per heavy atom. The van der Waals surface area contributed by atoms with Crippen LogP contribution in [0.5, 0.6) is 5.75 Å². The monoisotopic (exact) mass is 562 g/mol. The van der Waals surface area contributed by atoms with Crippen molar-refractivity contribution in [2.45, 2.75) is 52.0 Å². The summed E-state index contributed by atoms with van der Waals surface area (Å²) < 4.78 is 12.0. The second kappa shape index (κ2) is 10.3. The third-order valence-electron chi connectivity index (χ3n) is 7.81. The van der Waals surface area contributed by atoms with E-state index >= 15 is 0 Å². The molecular formula is C30H31ClN4O5. The number of carbonyl (C=O) groups is 2. The second-order valence-electron chi connectivity index (χ2n) is 10.7. The largest absolute Gasteiger partial charge is 0.488 e. The summed E-state index contributed by atoms with van der Waals surface area (Å²) in [6.45, 7) is 6.90. The van der Waals surface area contributed by atoms with E-state index in [0.29, 0.717) is 37.0 Å². The van der Waals surface area contributed by atoms with Crippen LogP contribution in [0, 0.1) is 5.92 Å². The molecule has 1 unspecified atom stereocenters. The van der Waals surface area contributed by atoms with Crippen LogP contribution >= 0.6 is 11.6 Å². The van der Waals surface area contributed by atoms with Crippen molar-refractivity contribution in [2.75, 3.05) is 13.2 Å². The van der Waals surface area contributed by atoms with Crippen LogP contribution in [-0.4, -0.2) is 57.3 Å². The van der Waals surface area contributed by atoms with Crippen LogP contribution < -0.4 is 10.1 Å². The van der Waals surface area contributed by atoms with Crippen LogP contribution in [0.15, 0.2) is 42.5 Å². The van der Waals surface area contributed by atoms with Gasteiger partial charge in [-0.1, -0.05) is 37.6 Å². The molecular weight excluding hydrogens is 532 g/mol. The van der Waals surface area contributed by atoms with Gasteiger partial charge in [-0.05, 0) is 59.7 Å². The van der Waals surface area contributed by atoms with Crippen molar-refractivity contribution in [3.63, 3.8) is 0 Å². The highest BCUT2D eigenvalue weighted by Crippen LogP contribution is 2.42. The molecule has 208 valence electrons. The Hall–Kier alpha value is -3.82. The first-order chi connectivity index (χ1) is 19.2. The quantitative estimate of drug-likeness (QED) is 0.269. The first-order valence-electron chi connectivity index (χ1n) is 13.5. The molecule has 0 aliphatic carbocycles. The zero-order valence-electron chi connectivity index (χ0n) is 22.5. The topological polar surface area (TPSA) is 117 Å². The molecule has 2 aliphatic rings. The predicted octanol–water partition coefficient (Wildman–Crippen LogP) is 5.90. The van der Waals surface area contributed by atoms with Crippen molar-refractivity contribution in [1.29, 1.82) is 0 Å². The summed E-state index contributed by atoms with van der Waals surface area (Å²) in [6, 6.07) is 12.8. The summed E-state index contributed by atoms with van der Waals surface area (Å²) in [7, 11) is 0. The Morgan fingerprint density at radius 2 is 2.05 bits per heavy atom. The lowest BCUT2D eigenvalue weighted by Gasteiger charge is -2.29. The zero-order valence-corrected chi connectivity index (χ0v) is 23.3. The Labute approximate surface area is 236 Å². The highest BCUT2D eigenvalue weighted by molar-refractivity contribution is 6.30. The standard InChI is InChI=1S/C30H31ClN4O5/c1-4-39-19-11-24(35(13-19)29(36)26(15(2)3)34-30(37)38)28-32-23-8-5-16-10-22-20-7-6-18(31)9-17(20)14-40-25(22)12-21(16)27(23)33-28/h5-10,12,15,19,24,26,34H,4,11,13-14H2,1-3H3,(H,32,33)(H,37,38)/t19-,24-,26?/m0/s1. The van der Waals surface area contributed by atoms with Crippen LogP contribution in [0.1, 0.15) is 44.6 Å². The van der Waals surface area contributed by atoms with Gasteiger partial charge in [-0.3, -0.25) is 4.79 Å². The Bertz CT molecular complexity index is 1630. The van der Waals surface area contributed by atoms with Crippen LogP contribution in [-0.2, 0) is 16.1 Å². The van der Waals surface area contributed by atoms with Gasteiger partial charge in [-0.15, -0.1) is 0 Å². The highest BCUT2D eigenvalue weighted by atomic mass is 35.5. The van der Waals surface area contributed by atoms with Crippen molar-refractivity contribution in [2.24, 2.45) is 5.92 Å². The van der Waals surface area contributed by atoms with Crippen molar-refractivity contribution >= 4 is 45.4 Å². The molecule has 0 spiro atoms. The molecule has 1 saturated heterocycles. The van der Waals surface area contributed by atoms with Gasteiger partial charge in [-0.25, -0.2) is 9.78 Å². The minimum Gasteiger partial charge on any atom is -0.488 e. The van der Waals surface area contributed by atoms with Gasteiger partial charge >= 0.3 is 6.09 Å². The number of carbonyl (C=O) groups excluding carboxylic acids is 1. The fraction of sp³-hybridized carbons (Fsp3) is 0.367. The normalized spacial score (nSPS) is 19.0. The van der Waals surface area contributed by atoms with E-state index in [9.17, 15) is 14.7 Å². The minimum absolute atomic E-state index is 0.171. The van der Waals surface area contributed by atoms with Crippen LogP contribution in [0.4, 0.5) is 4.79 Å². The van der Waals surface area contributed by atoms with Crippen molar-refractivity contribution < 1.29 is 24.2 Å². The molecule has 0 radical (unpaired) electrons. The number of hydrogen-bond acceptors (Lipinski definition) is 5. The van der Waals surface area contributed by atoms with Gasteiger partial charge in [0.25, 0.3) is 0 Å². The average Bonchev–Trinajstić information content (AvgIpc) is 3.54. The van der Waals surface area contributed by atoms with Crippen molar-refractivity contribution in [3.05, 3.63) is 58.9 Å². The van der Waals surface area contributed by atoms with Crippen molar-refractivity contribution in [1.82, 2.24) is 20.2 Å². The maximum absolute atomic E-state index is 13.6. The molecule has 2 aliphatic heterocycles. The predicted molar refractivity (Wildman–Crippen MR) is 153 cm³/mol. The van der Waals surface area contributed by atoms with Crippen LogP contribution in [0.2, 0.25) is 5.02 Å². The molecule has 3 atom stereocenters. The van der Waals surface area contributed by atoms with E-state index in [2.05, 4.69) is 16.4 Å². The SMILES string of the molecule is CCO[C@H]1C[C@@H](c2nc3ccc4cc5c(cc4c3[nH]2)OCc2cc(Cl)ccc2-5)N(C(=O)C(NC(=O)O)C(C)C)C1. The number of likely N-dealkylation sites (tertiary alicyclic amines) is 1. The third-order valence-corrected chi connectivity index (χ3v) is 8.04. The second-order valence-corrected chi connectivity index (χ2v) is 11.2. The van der Waals surface area contributed by atoms with E-state index in [-0.39, 0.29) is 24.0 Å². The summed E-state index contributed by atoms with van der Waals surface area (Å²) in [5.74, 6) is 0.938. The number of hydrogen-bond donors (Lipinski definition) is 3. The number of amides is 2. The van der Waals surface area contributed by atoms with Gasteiger partial charge in [0.1, 0.15) is 24.2 Å². The lowest BCUT2D eigenvalue weighted by Crippen LogP contribution is -2.51. The maximum Gasteiger partial charge on any atom is 0.405 e. The number of rotatable bonds is 6. The fourth-order valence-corrected chi connectivity index (χ4v) is 6.12. The summed E-state index contributed by atoms with van der Waals surface area (Å²) in [4.78, 5) is 35.2. The Kier molecular flexibility index (Phi) is 6.80. The molecule has 2 amide bonds. The smallest absolute Gasteiger partial charge is 0.405 e. The number of aromatic amines is 1. The minimum atomic E-state index is -1.23.